The number of ether oxygens (including phenoxy) is 3. The smallest absolute Gasteiger partial charge is 0.352 e. The molecule has 11 nitrogen and oxygen atoms in total. The lowest BCUT2D eigenvalue weighted by molar-refractivity contribution is -0.0390. The van der Waals surface area contributed by atoms with E-state index in [0.717, 1.165) is 66.4 Å². The molecule has 54 heavy (non-hydrogen) atoms. The van der Waals surface area contributed by atoms with Crippen molar-refractivity contribution in [1.29, 1.82) is 0 Å². The highest BCUT2D eigenvalue weighted by Gasteiger charge is 2.37. The second kappa shape index (κ2) is 14.8. The number of H-pyrrole nitrogens is 1. The number of hydrogen-bond donors (Lipinski definition) is 2. The molecule has 7 rings (SSSR count). The van der Waals surface area contributed by atoms with Crippen LogP contribution in [0.4, 0.5) is 5.69 Å². The van der Waals surface area contributed by atoms with Crippen molar-refractivity contribution in [3.05, 3.63) is 97.5 Å². The Hall–Kier alpha value is -4.81. The zero-order valence-corrected chi connectivity index (χ0v) is 32.9. The maximum absolute atomic E-state index is 15.2. The number of nitrogens with zero attached hydrogens (tertiary/aromatic N) is 4. The molecule has 1 amide bonds. The molecule has 1 aliphatic rings. The van der Waals surface area contributed by atoms with Gasteiger partial charge in [0.2, 0.25) is 0 Å². The van der Waals surface area contributed by atoms with E-state index < -0.39 is 5.97 Å². The molecule has 0 bridgehead atoms. The number of methoxy groups -OCH3 is 1. The Labute approximate surface area is 323 Å². The summed E-state index contributed by atoms with van der Waals surface area (Å²) < 4.78 is 21.0. The van der Waals surface area contributed by atoms with E-state index in [4.69, 9.17) is 42.5 Å². The van der Waals surface area contributed by atoms with Crippen LogP contribution in [0.2, 0.25) is 10.0 Å². The molecule has 4 heterocycles. The van der Waals surface area contributed by atoms with Gasteiger partial charge in [-0.15, -0.1) is 0 Å². The van der Waals surface area contributed by atoms with Crippen molar-refractivity contribution in [2.45, 2.75) is 60.1 Å². The Morgan fingerprint density at radius 2 is 1.80 bits per heavy atom. The number of carboxylic acids is 1. The highest BCUT2D eigenvalue weighted by Crippen LogP contribution is 2.45. The third-order valence-electron chi connectivity index (χ3n) is 10.3. The van der Waals surface area contributed by atoms with E-state index in [0.29, 0.717) is 53.3 Å². The highest BCUT2D eigenvalue weighted by molar-refractivity contribution is 6.35. The SMILES string of the molecule is COCOCc1cc(N2C[C@@H](C)n3c(c(CCCOc4cc(C)c(Cl)c(C)c4)c4ccc(Cl)c(-c5c(C)nn(C)c5C)c43)C2=O)c2[nH]c(C(=O)O)cc2c1. The molecule has 0 unspecified atom stereocenters. The Balaban J connectivity index is 1.38. The maximum atomic E-state index is 15.2. The normalized spacial score (nSPS) is 14.4. The van der Waals surface area contributed by atoms with Crippen molar-refractivity contribution in [2.75, 3.05) is 32.0 Å². The summed E-state index contributed by atoms with van der Waals surface area (Å²) in [5, 5.41) is 17.5. The third-order valence-corrected chi connectivity index (χ3v) is 11.2. The zero-order valence-electron chi connectivity index (χ0n) is 31.4. The Kier molecular flexibility index (Phi) is 10.3. The number of amides is 1. The second-order valence-electron chi connectivity index (χ2n) is 14.1. The van der Waals surface area contributed by atoms with E-state index in [1.54, 1.807) is 18.1 Å². The van der Waals surface area contributed by atoms with Gasteiger partial charge in [-0.05, 0) is 106 Å². The van der Waals surface area contributed by atoms with Crippen LogP contribution < -0.4 is 9.64 Å². The van der Waals surface area contributed by atoms with Gasteiger partial charge in [0.05, 0.1) is 40.7 Å². The van der Waals surface area contributed by atoms with Crippen molar-refractivity contribution < 1.29 is 28.9 Å². The number of carbonyl (C=O) groups excluding carboxylic acids is 1. The summed E-state index contributed by atoms with van der Waals surface area (Å²) in [6, 6.07) is 12.9. The quantitative estimate of drug-likeness (QED) is 0.0940. The number of carboxylic acid groups (broad SMARTS) is 1. The van der Waals surface area contributed by atoms with Crippen LogP contribution >= 0.6 is 23.2 Å². The van der Waals surface area contributed by atoms with Crippen molar-refractivity contribution >= 4 is 62.6 Å². The van der Waals surface area contributed by atoms with Gasteiger partial charge in [-0.1, -0.05) is 29.3 Å². The van der Waals surface area contributed by atoms with Crippen molar-refractivity contribution in [3.8, 4) is 16.9 Å². The number of aromatic carboxylic acids is 1. The number of aromatic amines is 1. The largest absolute Gasteiger partial charge is 0.494 e. The number of rotatable bonds is 12. The molecule has 0 aliphatic carbocycles. The van der Waals surface area contributed by atoms with Crippen LogP contribution in [-0.2, 0) is 29.5 Å². The summed E-state index contributed by atoms with van der Waals surface area (Å²) in [5.41, 5.74) is 9.77. The van der Waals surface area contributed by atoms with Gasteiger partial charge in [0, 0.05) is 59.4 Å². The molecule has 0 saturated carbocycles. The molecule has 282 valence electrons. The Morgan fingerprint density at radius 1 is 1.06 bits per heavy atom. The molecule has 13 heteroatoms. The molecule has 0 fully saturated rings. The average molecular weight is 773 g/mol. The minimum atomic E-state index is -1.09. The number of hydrogen-bond acceptors (Lipinski definition) is 6. The number of fused-ring (bicyclic) bond motifs is 4. The first-order valence-corrected chi connectivity index (χ1v) is 18.6. The number of aromatic nitrogens is 4. The summed E-state index contributed by atoms with van der Waals surface area (Å²) in [7, 11) is 3.46. The molecule has 0 saturated heterocycles. The number of aryl methyl sites for hydroxylation is 5. The lowest BCUT2D eigenvalue weighted by Crippen LogP contribution is -2.43. The van der Waals surface area contributed by atoms with E-state index >= 15 is 4.79 Å². The molecule has 3 aromatic heterocycles. The number of halogens is 2. The first-order valence-electron chi connectivity index (χ1n) is 17.8. The van der Waals surface area contributed by atoms with Gasteiger partial charge in [-0.3, -0.25) is 9.48 Å². The first kappa shape index (κ1) is 37.5. The number of benzene rings is 3. The fraction of sp³-hybridized carbons (Fsp3) is 0.341. The summed E-state index contributed by atoms with van der Waals surface area (Å²) in [5.74, 6) is -0.545. The summed E-state index contributed by atoms with van der Waals surface area (Å²) in [6.45, 7) is 11.1. The van der Waals surface area contributed by atoms with Crippen LogP contribution in [0, 0.1) is 27.7 Å². The molecular formula is C41H43Cl2N5O6. The van der Waals surface area contributed by atoms with Crippen molar-refractivity contribution in [1.82, 2.24) is 19.3 Å². The molecular weight excluding hydrogens is 729 g/mol. The predicted octanol–water partition coefficient (Wildman–Crippen LogP) is 9.12. The minimum Gasteiger partial charge on any atom is -0.494 e. The molecule has 2 N–H and O–H groups in total. The predicted molar refractivity (Wildman–Crippen MR) is 212 cm³/mol. The first-order chi connectivity index (χ1) is 25.8. The average Bonchev–Trinajstić information content (AvgIpc) is 3.79. The lowest BCUT2D eigenvalue weighted by atomic mass is 9.98. The summed E-state index contributed by atoms with van der Waals surface area (Å²) >= 11 is 13.5. The van der Waals surface area contributed by atoms with Crippen LogP contribution in [0.25, 0.3) is 32.9 Å². The van der Waals surface area contributed by atoms with E-state index in [1.165, 1.54) is 0 Å². The van der Waals surface area contributed by atoms with E-state index in [1.807, 2.05) is 75.8 Å². The monoisotopic (exact) mass is 771 g/mol. The second-order valence-corrected chi connectivity index (χ2v) is 14.9. The highest BCUT2D eigenvalue weighted by atomic mass is 35.5. The van der Waals surface area contributed by atoms with Crippen molar-refractivity contribution in [2.24, 2.45) is 7.05 Å². The van der Waals surface area contributed by atoms with Crippen LogP contribution in [0.5, 0.6) is 5.75 Å². The van der Waals surface area contributed by atoms with Crippen LogP contribution in [0.3, 0.4) is 0 Å². The van der Waals surface area contributed by atoms with Gasteiger partial charge in [0.25, 0.3) is 5.91 Å². The molecule has 6 aromatic rings. The Bertz CT molecular complexity index is 2440. The minimum absolute atomic E-state index is 0.0288. The zero-order chi connectivity index (χ0) is 38.6. The number of anilines is 1. The molecule has 0 radical (unpaired) electrons. The van der Waals surface area contributed by atoms with E-state index in [2.05, 4.69) is 16.5 Å². The van der Waals surface area contributed by atoms with E-state index in [-0.39, 0.29) is 31.0 Å². The number of carbonyl (C=O) groups is 2. The third kappa shape index (κ3) is 6.53. The molecule has 0 spiro atoms. The van der Waals surface area contributed by atoms with Gasteiger partial charge in [-0.2, -0.15) is 5.10 Å². The number of nitrogens with one attached hydrogen (secondary N) is 1. The van der Waals surface area contributed by atoms with Gasteiger partial charge >= 0.3 is 5.97 Å². The van der Waals surface area contributed by atoms with E-state index in [9.17, 15) is 9.90 Å². The maximum Gasteiger partial charge on any atom is 0.352 e. The topological polar surface area (TPSA) is 124 Å². The fourth-order valence-electron chi connectivity index (χ4n) is 7.88. The molecule has 1 aliphatic heterocycles. The van der Waals surface area contributed by atoms with Crippen molar-refractivity contribution in [3.63, 3.8) is 0 Å². The fourth-order valence-corrected chi connectivity index (χ4v) is 8.23. The Morgan fingerprint density at radius 3 is 2.46 bits per heavy atom. The van der Waals surface area contributed by atoms with Crippen LogP contribution in [0.15, 0.2) is 42.5 Å². The van der Waals surface area contributed by atoms with Gasteiger partial charge in [-0.25, -0.2) is 4.79 Å². The van der Waals surface area contributed by atoms with Gasteiger partial charge in [0.15, 0.2) is 0 Å². The van der Waals surface area contributed by atoms with Crippen LogP contribution in [-0.4, -0.2) is 63.4 Å². The standard InChI is InChI=1S/C41H43Cl2N5O6/c1-21-13-28(14-22(2)36(21)43)54-12-8-9-29-30-10-11-31(42)35(34-24(4)45-46(6)25(34)5)38(30)48-23(3)18-47(40(49)39(29)48)33-16-26(19-53-20-52-7)15-27-17-32(41(50)51)44-37(27)33/h10-11,13-17,23,44H,8-9,12,18-20H2,1-7H3,(H,50,51)/t23-/m1/s1. The van der Waals surface area contributed by atoms with Crippen LogP contribution in [0.1, 0.15) is 74.0 Å². The molecule has 3 aromatic carbocycles. The molecule has 1 atom stereocenters. The summed E-state index contributed by atoms with van der Waals surface area (Å²) in [6.07, 6.45) is 1.18. The van der Waals surface area contributed by atoms with Gasteiger partial charge < -0.3 is 33.8 Å². The lowest BCUT2D eigenvalue weighted by Gasteiger charge is -2.35. The summed E-state index contributed by atoms with van der Waals surface area (Å²) in [4.78, 5) is 32.1. The van der Waals surface area contributed by atoms with Gasteiger partial charge in [0.1, 0.15) is 23.9 Å².